The average molecular weight is 456 g/mol. The molecule has 1 unspecified atom stereocenters. The molecule has 5 heteroatoms. The number of hydrogen-bond acceptors (Lipinski definition) is 2. The van der Waals surface area contributed by atoms with Gasteiger partial charge in [-0.2, -0.15) is 0 Å². The molecule has 0 saturated carbocycles. The Morgan fingerprint density at radius 3 is 1.87 bits per heavy atom. The zero-order valence-corrected chi connectivity index (χ0v) is 21.4. The molecule has 0 N–H and O–H groups in total. The SMILES string of the molecule is CCCCCCCCCCCC[C@H](CCC(C)[N+](C)(C)Cc1ccccc1)[N+](=O)[O-].Cl. The third-order valence-corrected chi connectivity index (χ3v) is 6.73. The van der Waals surface area contributed by atoms with Gasteiger partial charge in [-0.1, -0.05) is 95.0 Å². The Kier molecular flexibility index (Phi) is 16.8. The van der Waals surface area contributed by atoms with E-state index in [1.807, 2.05) is 6.07 Å². The van der Waals surface area contributed by atoms with Crippen molar-refractivity contribution in [2.24, 2.45) is 0 Å². The van der Waals surface area contributed by atoms with Crippen LogP contribution in [-0.4, -0.2) is 35.6 Å². The van der Waals surface area contributed by atoms with Gasteiger partial charge in [0.2, 0.25) is 6.04 Å². The third kappa shape index (κ3) is 13.8. The van der Waals surface area contributed by atoms with Gasteiger partial charge in [-0.15, -0.1) is 12.4 Å². The van der Waals surface area contributed by atoms with E-state index in [-0.39, 0.29) is 23.4 Å². The Morgan fingerprint density at radius 2 is 1.35 bits per heavy atom. The highest BCUT2D eigenvalue weighted by atomic mass is 35.5. The Bertz CT molecular complexity index is 566. The molecule has 31 heavy (non-hydrogen) atoms. The molecule has 0 bridgehead atoms. The molecule has 0 heterocycles. The van der Waals surface area contributed by atoms with E-state index in [1.165, 1.54) is 56.9 Å². The molecular weight excluding hydrogens is 408 g/mol. The zero-order chi connectivity index (χ0) is 22.2. The highest BCUT2D eigenvalue weighted by Gasteiger charge is 2.28. The number of nitrogens with zero attached hydrogens (tertiary/aromatic N) is 2. The molecule has 1 aromatic rings. The largest absolute Gasteiger partial charge is 0.323 e. The van der Waals surface area contributed by atoms with E-state index in [4.69, 9.17) is 0 Å². The molecule has 0 aliphatic carbocycles. The summed E-state index contributed by atoms with van der Waals surface area (Å²) in [7, 11) is 4.47. The monoisotopic (exact) mass is 455 g/mol. The lowest BCUT2D eigenvalue weighted by molar-refractivity contribution is -0.926. The molecule has 0 fully saturated rings. The van der Waals surface area contributed by atoms with Crippen LogP contribution in [0.4, 0.5) is 0 Å². The van der Waals surface area contributed by atoms with Crippen LogP contribution in [0.2, 0.25) is 0 Å². The molecule has 2 atom stereocenters. The van der Waals surface area contributed by atoms with Gasteiger partial charge in [0.15, 0.2) is 0 Å². The smallest absolute Gasteiger partial charge is 0.213 e. The summed E-state index contributed by atoms with van der Waals surface area (Å²) in [6.07, 6.45) is 15.1. The molecule has 0 aliphatic rings. The van der Waals surface area contributed by atoms with Crippen LogP contribution in [0.3, 0.4) is 0 Å². The number of quaternary nitrogens is 1. The van der Waals surface area contributed by atoms with E-state index >= 15 is 0 Å². The predicted molar refractivity (Wildman–Crippen MR) is 135 cm³/mol. The summed E-state index contributed by atoms with van der Waals surface area (Å²) >= 11 is 0. The Labute approximate surface area is 198 Å². The second kappa shape index (κ2) is 17.4. The van der Waals surface area contributed by atoms with E-state index in [0.717, 1.165) is 36.7 Å². The minimum atomic E-state index is -0.377. The minimum absolute atomic E-state index is 0. The van der Waals surface area contributed by atoms with Crippen molar-refractivity contribution >= 4 is 12.4 Å². The Morgan fingerprint density at radius 1 is 0.839 bits per heavy atom. The second-order valence-corrected chi connectivity index (χ2v) is 9.76. The maximum absolute atomic E-state index is 11.5. The molecule has 1 aromatic carbocycles. The normalized spacial score (nSPS) is 13.4. The van der Waals surface area contributed by atoms with Crippen molar-refractivity contribution < 1.29 is 9.41 Å². The van der Waals surface area contributed by atoms with Gasteiger partial charge in [0.1, 0.15) is 6.54 Å². The highest BCUT2D eigenvalue weighted by molar-refractivity contribution is 5.85. The van der Waals surface area contributed by atoms with E-state index in [1.54, 1.807) is 0 Å². The van der Waals surface area contributed by atoms with Crippen molar-refractivity contribution in [3.05, 3.63) is 46.0 Å². The van der Waals surface area contributed by atoms with Gasteiger partial charge in [-0.3, -0.25) is 10.1 Å². The molecule has 180 valence electrons. The fourth-order valence-corrected chi connectivity index (χ4v) is 4.22. The number of nitro groups is 1. The lowest BCUT2D eigenvalue weighted by Crippen LogP contribution is -2.46. The van der Waals surface area contributed by atoms with E-state index in [2.05, 4.69) is 52.2 Å². The van der Waals surface area contributed by atoms with Crippen LogP contribution in [0, 0.1) is 10.1 Å². The van der Waals surface area contributed by atoms with Gasteiger partial charge < -0.3 is 4.48 Å². The van der Waals surface area contributed by atoms with Crippen molar-refractivity contribution in [3.63, 3.8) is 0 Å². The van der Waals surface area contributed by atoms with Crippen LogP contribution in [-0.2, 0) is 6.54 Å². The molecule has 0 aliphatic heterocycles. The fraction of sp³-hybridized carbons (Fsp3) is 0.769. The third-order valence-electron chi connectivity index (χ3n) is 6.73. The molecular formula is C26H48ClN2O2+. The summed E-state index contributed by atoms with van der Waals surface area (Å²) in [5, 5.41) is 11.5. The number of rotatable bonds is 18. The summed E-state index contributed by atoms with van der Waals surface area (Å²) < 4.78 is 0.868. The molecule has 4 nitrogen and oxygen atoms in total. The minimum Gasteiger partial charge on any atom is -0.323 e. The number of unbranched alkanes of at least 4 members (excludes halogenated alkanes) is 9. The highest BCUT2D eigenvalue weighted by Crippen LogP contribution is 2.21. The van der Waals surface area contributed by atoms with Crippen molar-refractivity contribution in [3.8, 4) is 0 Å². The quantitative estimate of drug-likeness (QED) is 0.0979. The van der Waals surface area contributed by atoms with Crippen LogP contribution in [0.15, 0.2) is 30.3 Å². The number of halogens is 1. The number of hydrogen-bond donors (Lipinski definition) is 0. The summed E-state index contributed by atoms with van der Waals surface area (Å²) in [5.41, 5.74) is 1.32. The average Bonchev–Trinajstić information content (AvgIpc) is 2.71. The van der Waals surface area contributed by atoms with Gasteiger partial charge in [-0.05, 0) is 13.3 Å². The van der Waals surface area contributed by atoms with E-state index in [9.17, 15) is 10.1 Å². The van der Waals surface area contributed by atoms with Crippen LogP contribution < -0.4 is 0 Å². The lowest BCUT2D eigenvalue weighted by atomic mass is 9.99. The number of benzene rings is 1. The molecule has 0 amide bonds. The zero-order valence-electron chi connectivity index (χ0n) is 20.6. The first kappa shape index (κ1) is 29.9. The first-order chi connectivity index (χ1) is 14.4. The van der Waals surface area contributed by atoms with Crippen molar-refractivity contribution in [2.45, 2.75) is 116 Å². The van der Waals surface area contributed by atoms with Crippen molar-refractivity contribution in [1.29, 1.82) is 0 Å². The Balaban J connectivity index is 0.00000900. The van der Waals surface area contributed by atoms with Crippen LogP contribution in [0.5, 0.6) is 0 Å². The summed E-state index contributed by atoms with van der Waals surface area (Å²) in [4.78, 5) is 11.5. The van der Waals surface area contributed by atoms with E-state index < -0.39 is 0 Å². The topological polar surface area (TPSA) is 43.1 Å². The maximum Gasteiger partial charge on any atom is 0.213 e. The van der Waals surface area contributed by atoms with Gasteiger partial charge >= 0.3 is 0 Å². The predicted octanol–water partition coefficient (Wildman–Crippen LogP) is 7.81. The first-order valence-corrected chi connectivity index (χ1v) is 12.4. The maximum atomic E-state index is 11.5. The van der Waals surface area contributed by atoms with Gasteiger partial charge in [-0.25, -0.2) is 0 Å². The van der Waals surface area contributed by atoms with Crippen LogP contribution >= 0.6 is 12.4 Å². The van der Waals surface area contributed by atoms with Gasteiger partial charge in [0.05, 0.1) is 20.1 Å². The lowest BCUT2D eigenvalue weighted by Gasteiger charge is -2.36. The summed E-state index contributed by atoms with van der Waals surface area (Å²) in [6, 6.07) is 10.6. The first-order valence-electron chi connectivity index (χ1n) is 12.4. The molecule has 0 saturated heterocycles. The molecule has 0 radical (unpaired) electrons. The fourth-order valence-electron chi connectivity index (χ4n) is 4.22. The summed E-state index contributed by atoms with van der Waals surface area (Å²) in [6.45, 7) is 5.45. The molecule has 0 spiro atoms. The van der Waals surface area contributed by atoms with Gasteiger partial charge in [0, 0.05) is 29.7 Å². The van der Waals surface area contributed by atoms with Crippen LogP contribution in [0.25, 0.3) is 0 Å². The second-order valence-electron chi connectivity index (χ2n) is 9.76. The Hall–Kier alpha value is -1.13. The van der Waals surface area contributed by atoms with Gasteiger partial charge in [0.25, 0.3) is 0 Å². The van der Waals surface area contributed by atoms with Crippen molar-refractivity contribution in [2.75, 3.05) is 14.1 Å². The standard InChI is InChI=1S/C26H47N2O2.ClH/c1-5-6-7-8-9-10-11-12-13-17-20-26(27(29)30)22-21-24(2)28(3,4)23-25-18-15-14-16-19-25;/h14-16,18-19,24,26H,5-13,17,20-23H2,1-4H3;1H/q+1;/t24?,26-;/m1./s1. The molecule has 0 aromatic heterocycles. The van der Waals surface area contributed by atoms with Crippen molar-refractivity contribution in [1.82, 2.24) is 0 Å². The van der Waals surface area contributed by atoms with E-state index in [0.29, 0.717) is 12.5 Å². The summed E-state index contributed by atoms with van der Waals surface area (Å²) in [5.74, 6) is 0. The molecule has 1 rings (SSSR count). The van der Waals surface area contributed by atoms with Crippen LogP contribution in [0.1, 0.15) is 103 Å².